The van der Waals surface area contributed by atoms with E-state index in [0.29, 0.717) is 13.0 Å². The van der Waals surface area contributed by atoms with E-state index in [1.807, 2.05) is 19.0 Å². The average Bonchev–Trinajstić information content (AvgIpc) is 1.84. The minimum atomic E-state index is -1.09. The molecule has 0 saturated carbocycles. The molecule has 0 aromatic carbocycles. The van der Waals surface area contributed by atoms with Gasteiger partial charge in [-0.1, -0.05) is 0 Å². The van der Waals surface area contributed by atoms with Crippen LogP contribution >= 0.6 is 0 Å². The van der Waals surface area contributed by atoms with E-state index < -0.39 is 11.5 Å². The van der Waals surface area contributed by atoms with E-state index in [2.05, 4.69) is 0 Å². The zero-order chi connectivity index (χ0) is 9.07. The molecule has 0 fully saturated rings. The molecule has 0 spiro atoms. The Morgan fingerprint density at radius 2 is 2.09 bits per heavy atom. The van der Waals surface area contributed by atoms with Crippen LogP contribution in [-0.2, 0) is 4.79 Å². The van der Waals surface area contributed by atoms with Gasteiger partial charge in [0.25, 0.3) is 0 Å². The minimum Gasteiger partial charge on any atom is -0.480 e. The second kappa shape index (κ2) is 3.69. The molecule has 0 aliphatic heterocycles. The Morgan fingerprint density at radius 3 is 2.36 bits per heavy atom. The van der Waals surface area contributed by atoms with Gasteiger partial charge in [-0.25, -0.2) is 0 Å². The van der Waals surface area contributed by atoms with Crippen molar-refractivity contribution in [3.05, 3.63) is 0 Å². The summed E-state index contributed by atoms with van der Waals surface area (Å²) in [5.74, 6) is -0.945. The highest BCUT2D eigenvalue weighted by Crippen LogP contribution is 2.05. The molecule has 3 N–H and O–H groups in total. The van der Waals surface area contributed by atoms with Crippen molar-refractivity contribution in [1.82, 2.24) is 4.90 Å². The fraction of sp³-hybridized carbons (Fsp3) is 0.857. The number of nitrogens with two attached hydrogens (primary N) is 1. The van der Waals surface area contributed by atoms with Crippen molar-refractivity contribution in [2.24, 2.45) is 5.73 Å². The Morgan fingerprint density at radius 1 is 1.64 bits per heavy atom. The molecule has 11 heavy (non-hydrogen) atoms. The molecule has 0 aliphatic rings. The third-order valence-corrected chi connectivity index (χ3v) is 1.57. The van der Waals surface area contributed by atoms with E-state index in [0.717, 1.165) is 0 Å². The Kier molecular flexibility index (Phi) is 3.48. The van der Waals surface area contributed by atoms with Gasteiger partial charge >= 0.3 is 5.97 Å². The fourth-order valence-electron chi connectivity index (χ4n) is 0.563. The summed E-state index contributed by atoms with van der Waals surface area (Å²) >= 11 is 0. The number of carbonyl (C=O) groups is 1. The summed E-state index contributed by atoms with van der Waals surface area (Å²) in [6.45, 7) is 2.22. The van der Waals surface area contributed by atoms with Crippen molar-refractivity contribution in [1.29, 1.82) is 0 Å². The predicted molar refractivity (Wildman–Crippen MR) is 43.4 cm³/mol. The van der Waals surface area contributed by atoms with Crippen LogP contribution in [0, 0.1) is 0 Å². The topological polar surface area (TPSA) is 66.6 Å². The molecule has 66 valence electrons. The number of hydrogen-bond acceptors (Lipinski definition) is 3. The normalized spacial score (nSPS) is 16.5. The van der Waals surface area contributed by atoms with Crippen LogP contribution in [0.15, 0.2) is 0 Å². The van der Waals surface area contributed by atoms with Crippen LogP contribution in [0.5, 0.6) is 0 Å². The Hall–Kier alpha value is -0.610. The molecular formula is C7H16N2O2. The monoisotopic (exact) mass is 160 g/mol. The predicted octanol–water partition coefficient (Wildman–Crippen LogP) is -0.260. The summed E-state index contributed by atoms with van der Waals surface area (Å²) in [6.07, 6.45) is 0.468. The van der Waals surface area contributed by atoms with Gasteiger partial charge in [0.1, 0.15) is 5.54 Å². The van der Waals surface area contributed by atoms with Gasteiger partial charge in [-0.3, -0.25) is 4.79 Å². The number of rotatable bonds is 4. The molecule has 4 nitrogen and oxygen atoms in total. The molecule has 0 saturated heterocycles. The summed E-state index contributed by atoms with van der Waals surface area (Å²) in [7, 11) is 3.77. The van der Waals surface area contributed by atoms with Gasteiger partial charge in [-0.15, -0.1) is 0 Å². The number of carboxylic acids is 1. The van der Waals surface area contributed by atoms with E-state index in [4.69, 9.17) is 10.8 Å². The van der Waals surface area contributed by atoms with Gasteiger partial charge in [0, 0.05) is 0 Å². The molecule has 0 radical (unpaired) electrons. The molecule has 0 aromatic rings. The maximum atomic E-state index is 10.5. The molecule has 0 amide bonds. The Bertz CT molecular complexity index is 143. The van der Waals surface area contributed by atoms with Crippen LogP contribution in [0.25, 0.3) is 0 Å². The summed E-state index contributed by atoms with van der Waals surface area (Å²) < 4.78 is 0. The van der Waals surface area contributed by atoms with E-state index in [1.165, 1.54) is 6.92 Å². The van der Waals surface area contributed by atoms with Gasteiger partial charge in [-0.2, -0.15) is 0 Å². The van der Waals surface area contributed by atoms with Gasteiger partial charge < -0.3 is 15.7 Å². The van der Waals surface area contributed by atoms with Crippen molar-refractivity contribution in [2.75, 3.05) is 20.6 Å². The lowest BCUT2D eigenvalue weighted by Gasteiger charge is -2.20. The first kappa shape index (κ1) is 10.4. The average molecular weight is 160 g/mol. The van der Waals surface area contributed by atoms with E-state index in [9.17, 15) is 4.79 Å². The highest BCUT2D eigenvalue weighted by Gasteiger charge is 2.27. The van der Waals surface area contributed by atoms with Crippen molar-refractivity contribution in [2.45, 2.75) is 18.9 Å². The second-order valence-corrected chi connectivity index (χ2v) is 3.28. The summed E-state index contributed by atoms with van der Waals surface area (Å²) in [5.41, 5.74) is 4.39. The fourth-order valence-corrected chi connectivity index (χ4v) is 0.563. The van der Waals surface area contributed by atoms with Gasteiger partial charge in [0.15, 0.2) is 0 Å². The first-order valence-electron chi connectivity index (χ1n) is 3.53. The SMILES string of the molecule is CN(C)CC[C@@](C)(N)C(=O)O. The van der Waals surface area contributed by atoms with Crippen LogP contribution in [0.4, 0.5) is 0 Å². The largest absolute Gasteiger partial charge is 0.480 e. The highest BCUT2D eigenvalue weighted by atomic mass is 16.4. The van der Waals surface area contributed by atoms with Crippen LogP contribution in [0.1, 0.15) is 13.3 Å². The quantitative estimate of drug-likeness (QED) is 0.594. The second-order valence-electron chi connectivity index (χ2n) is 3.28. The third-order valence-electron chi connectivity index (χ3n) is 1.57. The molecular weight excluding hydrogens is 144 g/mol. The van der Waals surface area contributed by atoms with Crippen molar-refractivity contribution in [3.63, 3.8) is 0 Å². The smallest absolute Gasteiger partial charge is 0.323 e. The van der Waals surface area contributed by atoms with Crippen molar-refractivity contribution >= 4 is 5.97 Å². The van der Waals surface area contributed by atoms with Gasteiger partial charge in [-0.05, 0) is 34.0 Å². The van der Waals surface area contributed by atoms with Gasteiger partial charge in [0.2, 0.25) is 0 Å². The van der Waals surface area contributed by atoms with Crippen molar-refractivity contribution < 1.29 is 9.90 Å². The molecule has 4 heteroatoms. The lowest BCUT2D eigenvalue weighted by atomic mass is 10.00. The van der Waals surface area contributed by atoms with E-state index in [-0.39, 0.29) is 0 Å². The molecule has 1 atom stereocenters. The first-order valence-corrected chi connectivity index (χ1v) is 3.53. The first-order chi connectivity index (χ1) is 4.86. The maximum Gasteiger partial charge on any atom is 0.323 e. The van der Waals surface area contributed by atoms with Gasteiger partial charge in [0.05, 0.1) is 0 Å². The molecule has 0 bridgehead atoms. The third kappa shape index (κ3) is 3.95. The lowest BCUT2D eigenvalue weighted by molar-refractivity contribution is -0.143. The zero-order valence-electron chi connectivity index (χ0n) is 7.29. The highest BCUT2D eigenvalue weighted by molar-refractivity contribution is 5.77. The van der Waals surface area contributed by atoms with Crippen molar-refractivity contribution in [3.8, 4) is 0 Å². The Labute approximate surface area is 67.0 Å². The van der Waals surface area contributed by atoms with E-state index >= 15 is 0 Å². The minimum absolute atomic E-state index is 0.468. The van der Waals surface area contributed by atoms with Crippen LogP contribution in [0.3, 0.4) is 0 Å². The molecule has 0 heterocycles. The number of nitrogens with zero attached hydrogens (tertiary/aromatic N) is 1. The van der Waals surface area contributed by atoms with Crippen LogP contribution in [-0.4, -0.2) is 42.2 Å². The molecule has 0 rings (SSSR count). The molecule has 0 unspecified atom stereocenters. The number of hydrogen-bond donors (Lipinski definition) is 2. The summed E-state index contributed by atoms with van der Waals surface area (Å²) in [4.78, 5) is 12.4. The Balaban J connectivity index is 3.83. The lowest BCUT2D eigenvalue weighted by Crippen LogP contribution is -2.46. The van der Waals surface area contributed by atoms with Crippen LogP contribution < -0.4 is 5.73 Å². The molecule has 0 aromatic heterocycles. The summed E-state index contributed by atoms with van der Waals surface area (Å²) in [6, 6.07) is 0. The number of aliphatic carboxylic acids is 1. The summed E-state index contributed by atoms with van der Waals surface area (Å²) in [5, 5.41) is 8.61. The number of carboxylic acid groups (broad SMARTS) is 1. The zero-order valence-corrected chi connectivity index (χ0v) is 7.29. The maximum absolute atomic E-state index is 10.5. The van der Waals surface area contributed by atoms with Crippen LogP contribution in [0.2, 0.25) is 0 Å². The van der Waals surface area contributed by atoms with E-state index in [1.54, 1.807) is 0 Å². The molecule has 0 aliphatic carbocycles. The standard InChI is InChI=1S/C7H16N2O2/c1-7(8,6(10)11)4-5-9(2)3/h4-5,8H2,1-3H3,(H,10,11)/t7-/m1/s1.